The Bertz CT molecular complexity index is 715. The van der Waals surface area contributed by atoms with Gasteiger partial charge in [-0.25, -0.2) is 0 Å². The number of aromatic nitrogens is 1. The van der Waals surface area contributed by atoms with Gasteiger partial charge in [0.2, 0.25) is 0 Å². The van der Waals surface area contributed by atoms with E-state index in [1.54, 1.807) is 30.3 Å². The molecule has 5 heteroatoms. The summed E-state index contributed by atoms with van der Waals surface area (Å²) in [7, 11) is 0. The maximum atomic E-state index is 12.2. The van der Waals surface area contributed by atoms with Gasteiger partial charge >= 0.3 is 0 Å². The molecule has 0 unspecified atom stereocenters. The Morgan fingerprint density at radius 1 is 1.38 bits per heavy atom. The highest BCUT2D eigenvalue weighted by Gasteiger charge is 2.09. The number of carbonyl (C=O) groups excluding carboxylic acids is 1. The molecule has 21 heavy (non-hydrogen) atoms. The van der Waals surface area contributed by atoms with Crippen LogP contribution >= 0.6 is 11.6 Å². The van der Waals surface area contributed by atoms with Crippen LogP contribution in [-0.2, 0) is 0 Å². The number of carbonyl (C=O) groups is 1. The maximum Gasteiger partial charge on any atom is 0.257 e. The molecular formula is C16H14ClN3O. The zero-order valence-electron chi connectivity index (χ0n) is 11.5. The van der Waals surface area contributed by atoms with Crippen LogP contribution in [0.5, 0.6) is 0 Å². The number of aryl methyl sites for hydroxylation is 1. The van der Waals surface area contributed by atoms with Gasteiger partial charge in [-0.2, -0.15) is 0 Å². The van der Waals surface area contributed by atoms with E-state index < -0.39 is 0 Å². The first-order valence-corrected chi connectivity index (χ1v) is 6.70. The Morgan fingerprint density at radius 3 is 2.86 bits per heavy atom. The summed E-state index contributed by atoms with van der Waals surface area (Å²) in [4.78, 5) is 16.3. The molecule has 0 atom stereocenters. The summed E-state index contributed by atoms with van der Waals surface area (Å²) in [6.45, 7) is 2.10. The molecule has 3 N–H and O–H groups in total. The first kappa shape index (κ1) is 15.0. The number of hydrogen-bond donors (Lipinski definition) is 2. The Labute approximate surface area is 128 Å². The number of nitrogens with zero attached hydrogens (tertiary/aromatic N) is 1. The Hall–Kier alpha value is -2.35. The molecule has 1 heterocycles. The molecule has 2 rings (SSSR count). The average Bonchev–Trinajstić information content (AvgIpc) is 2.48. The minimum absolute atomic E-state index is 0.238. The van der Waals surface area contributed by atoms with Gasteiger partial charge in [-0.3, -0.25) is 9.78 Å². The molecular weight excluding hydrogens is 286 g/mol. The lowest BCUT2D eigenvalue weighted by Crippen LogP contribution is -2.13. The molecule has 1 amide bonds. The fraction of sp³-hybridized carbons (Fsp3) is 0.125. The highest BCUT2D eigenvalue weighted by molar-refractivity contribution is 6.30. The van der Waals surface area contributed by atoms with Crippen molar-refractivity contribution >= 4 is 23.2 Å². The van der Waals surface area contributed by atoms with Gasteiger partial charge < -0.3 is 11.1 Å². The Balaban J connectivity index is 2.26. The normalized spacial score (nSPS) is 9.67. The van der Waals surface area contributed by atoms with E-state index in [2.05, 4.69) is 22.1 Å². The molecule has 0 saturated carbocycles. The van der Waals surface area contributed by atoms with Crippen LogP contribution in [0.2, 0.25) is 5.02 Å². The molecule has 0 aliphatic carbocycles. The molecule has 0 radical (unpaired) electrons. The summed E-state index contributed by atoms with van der Waals surface area (Å²) in [5.41, 5.74) is 7.92. The SMILES string of the molecule is Cc1ccc(C(=O)Nc2ccc(Cl)cc2C#CCN)cn1. The third-order valence-corrected chi connectivity index (χ3v) is 2.96. The van der Waals surface area contributed by atoms with Crippen molar-refractivity contribution in [1.29, 1.82) is 0 Å². The minimum Gasteiger partial charge on any atom is -0.321 e. The smallest absolute Gasteiger partial charge is 0.257 e. The standard InChI is InChI=1S/C16H14ClN3O/c1-11-4-5-13(10-19-11)16(21)20-15-7-6-14(17)9-12(15)3-2-8-18/h4-7,9-10H,8,18H2,1H3,(H,20,21). The van der Waals surface area contributed by atoms with Crippen LogP contribution in [0, 0.1) is 18.8 Å². The highest BCUT2D eigenvalue weighted by Crippen LogP contribution is 2.20. The van der Waals surface area contributed by atoms with Crippen molar-refractivity contribution in [3.63, 3.8) is 0 Å². The largest absolute Gasteiger partial charge is 0.321 e. The van der Waals surface area contributed by atoms with Crippen LogP contribution in [0.25, 0.3) is 0 Å². The van der Waals surface area contributed by atoms with Crippen LogP contribution in [-0.4, -0.2) is 17.4 Å². The van der Waals surface area contributed by atoms with Gasteiger partial charge in [0.25, 0.3) is 5.91 Å². The first-order chi connectivity index (χ1) is 10.1. The van der Waals surface area contributed by atoms with E-state index in [0.717, 1.165) is 5.69 Å². The summed E-state index contributed by atoms with van der Waals surface area (Å²) in [6.07, 6.45) is 1.53. The van der Waals surface area contributed by atoms with Crippen LogP contribution in [0.4, 0.5) is 5.69 Å². The molecule has 2 aromatic rings. The summed E-state index contributed by atoms with van der Waals surface area (Å²) in [5.74, 6) is 5.39. The number of nitrogens with one attached hydrogen (secondary N) is 1. The predicted molar refractivity (Wildman–Crippen MR) is 84.3 cm³/mol. The lowest BCUT2D eigenvalue weighted by Gasteiger charge is -2.08. The molecule has 0 saturated heterocycles. The van der Waals surface area contributed by atoms with Crippen LogP contribution in [0.1, 0.15) is 21.6 Å². The first-order valence-electron chi connectivity index (χ1n) is 6.32. The van der Waals surface area contributed by atoms with Crippen molar-refractivity contribution in [3.05, 3.63) is 58.4 Å². The van der Waals surface area contributed by atoms with Crippen molar-refractivity contribution < 1.29 is 4.79 Å². The van der Waals surface area contributed by atoms with Gasteiger partial charge in [-0.15, -0.1) is 0 Å². The molecule has 0 bridgehead atoms. The molecule has 106 valence electrons. The van der Waals surface area contributed by atoms with Crippen LogP contribution in [0.15, 0.2) is 36.5 Å². The Morgan fingerprint density at radius 2 is 2.19 bits per heavy atom. The van der Waals surface area contributed by atoms with Gasteiger partial charge in [0.15, 0.2) is 0 Å². The lowest BCUT2D eigenvalue weighted by molar-refractivity contribution is 0.102. The number of benzene rings is 1. The van der Waals surface area contributed by atoms with Crippen molar-refractivity contribution in [2.75, 3.05) is 11.9 Å². The van der Waals surface area contributed by atoms with E-state index in [9.17, 15) is 4.79 Å². The van der Waals surface area contributed by atoms with E-state index in [-0.39, 0.29) is 12.5 Å². The zero-order valence-corrected chi connectivity index (χ0v) is 12.2. The van der Waals surface area contributed by atoms with Crippen molar-refractivity contribution in [3.8, 4) is 11.8 Å². The van der Waals surface area contributed by atoms with E-state index in [4.69, 9.17) is 17.3 Å². The van der Waals surface area contributed by atoms with Gasteiger partial charge in [0.1, 0.15) is 0 Å². The molecule has 1 aromatic carbocycles. The summed E-state index contributed by atoms with van der Waals surface area (Å²) >= 11 is 5.94. The highest BCUT2D eigenvalue weighted by atomic mass is 35.5. The van der Waals surface area contributed by atoms with E-state index in [1.807, 2.05) is 6.92 Å². The summed E-state index contributed by atoms with van der Waals surface area (Å²) in [5, 5.41) is 3.35. The number of rotatable bonds is 2. The second kappa shape index (κ2) is 6.89. The number of amides is 1. The lowest BCUT2D eigenvalue weighted by atomic mass is 10.1. The van der Waals surface area contributed by atoms with Gasteiger partial charge in [-0.05, 0) is 37.3 Å². The third-order valence-electron chi connectivity index (χ3n) is 2.73. The maximum absolute atomic E-state index is 12.2. The second-order valence-electron chi connectivity index (χ2n) is 4.34. The second-order valence-corrected chi connectivity index (χ2v) is 4.77. The van der Waals surface area contributed by atoms with E-state index in [1.165, 1.54) is 6.20 Å². The van der Waals surface area contributed by atoms with Crippen molar-refractivity contribution in [2.24, 2.45) is 5.73 Å². The average molecular weight is 300 g/mol. The summed E-state index contributed by atoms with van der Waals surface area (Å²) in [6, 6.07) is 8.60. The molecule has 0 aliphatic rings. The van der Waals surface area contributed by atoms with Crippen molar-refractivity contribution in [2.45, 2.75) is 6.92 Å². The molecule has 0 fully saturated rings. The molecule has 0 aliphatic heterocycles. The van der Waals surface area contributed by atoms with Gasteiger partial charge in [0, 0.05) is 22.5 Å². The molecule has 1 aromatic heterocycles. The monoisotopic (exact) mass is 299 g/mol. The van der Waals surface area contributed by atoms with E-state index >= 15 is 0 Å². The van der Waals surface area contributed by atoms with Gasteiger partial charge in [-0.1, -0.05) is 23.4 Å². The number of nitrogens with two attached hydrogens (primary N) is 1. The zero-order chi connectivity index (χ0) is 15.2. The van der Waals surface area contributed by atoms with Gasteiger partial charge in [0.05, 0.1) is 17.8 Å². The predicted octanol–water partition coefficient (Wildman–Crippen LogP) is 2.61. The van der Waals surface area contributed by atoms with Crippen LogP contribution < -0.4 is 11.1 Å². The molecule has 4 nitrogen and oxygen atoms in total. The number of pyridine rings is 1. The summed E-state index contributed by atoms with van der Waals surface area (Å²) < 4.78 is 0. The number of anilines is 1. The number of halogens is 1. The Kier molecular flexibility index (Phi) is 4.94. The third kappa shape index (κ3) is 4.06. The fourth-order valence-corrected chi connectivity index (χ4v) is 1.84. The minimum atomic E-state index is -0.249. The topological polar surface area (TPSA) is 68.0 Å². The van der Waals surface area contributed by atoms with E-state index in [0.29, 0.717) is 21.8 Å². The number of hydrogen-bond acceptors (Lipinski definition) is 3. The fourth-order valence-electron chi connectivity index (χ4n) is 1.67. The van der Waals surface area contributed by atoms with Crippen LogP contribution in [0.3, 0.4) is 0 Å². The molecule has 0 spiro atoms. The van der Waals surface area contributed by atoms with Crippen molar-refractivity contribution in [1.82, 2.24) is 4.98 Å². The quantitative estimate of drug-likeness (QED) is 0.838.